The average molecular weight is 234 g/mol. The third-order valence-electron chi connectivity index (χ3n) is 3.18. The number of rotatable bonds is 4. The van der Waals surface area contributed by atoms with E-state index in [4.69, 9.17) is 4.74 Å². The number of nitrogens with zero attached hydrogens (tertiary/aromatic N) is 1. The van der Waals surface area contributed by atoms with Gasteiger partial charge >= 0.3 is 0 Å². The zero-order valence-electron chi connectivity index (χ0n) is 10.5. The molecule has 4 nitrogen and oxygen atoms in total. The first-order valence-corrected chi connectivity index (χ1v) is 5.80. The zero-order chi connectivity index (χ0) is 12.4. The molecular weight excluding hydrogens is 216 g/mol. The van der Waals surface area contributed by atoms with Crippen LogP contribution in [0, 0.1) is 6.92 Å². The maximum atomic E-state index is 12.0. The molecule has 0 bridgehead atoms. The molecule has 0 saturated heterocycles. The Morgan fingerprint density at radius 3 is 2.88 bits per heavy atom. The van der Waals surface area contributed by atoms with Gasteiger partial charge in [-0.05, 0) is 31.2 Å². The van der Waals surface area contributed by atoms with E-state index in [1.165, 1.54) is 0 Å². The number of aryl methyl sites for hydroxylation is 1. The molecule has 1 aliphatic heterocycles. The normalized spacial score (nSPS) is 14.1. The number of nitrogens with one attached hydrogen (secondary N) is 1. The molecule has 0 saturated carbocycles. The van der Waals surface area contributed by atoms with E-state index in [1.54, 1.807) is 7.11 Å². The molecule has 0 unspecified atom stereocenters. The molecule has 0 aliphatic carbocycles. The van der Waals surface area contributed by atoms with E-state index >= 15 is 0 Å². The third-order valence-corrected chi connectivity index (χ3v) is 3.18. The highest BCUT2D eigenvalue weighted by Crippen LogP contribution is 2.39. The van der Waals surface area contributed by atoms with Crippen molar-refractivity contribution in [2.45, 2.75) is 13.3 Å². The molecule has 4 heteroatoms. The number of amides is 1. The van der Waals surface area contributed by atoms with Crippen molar-refractivity contribution in [3.63, 3.8) is 0 Å². The number of anilines is 1. The lowest BCUT2D eigenvalue weighted by Gasteiger charge is -2.20. The van der Waals surface area contributed by atoms with Gasteiger partial charge in [0.25, 0.3) is 0 Å². The molecule has 1 aromatic rings. The fourth-order valence-electron chi connectivity index (χ4n) is 2.23. The molecule has 92 valence electrons. The minimum Gasteiger partial charge on any atom is -0.495 e. The predicted molar refractivity (Wildman–Crippen MR) is 67.7 cm³/mol. The van der Waals surface area contributed by atoms with E-state index in [2.05, 4.69) is 5.32 Å². The molecule has 0 aromatic heterocycles. The van der Waals surface area contributed by atoms with Crippen LogP contribution in [0.2, 0.25) is 0 Å². The van der Waals surface area contributed by atoms with E-state index < -0.39 is 0 Å². The number of fused-ring (bicyclic) bond motifs is 1. The number of carbonyl (C=O) groups excluding carboxylic acids is 1. The molecule has 0 fully saturated rings. The fraction of sp³-hybridized carbons (Fsp3) is 0.462. The van der Waals surface area contributed by atoms with Crippen LogP contribution in [-0.4, -0.2) is 33.2 Å². The van der Waals surface area contributed by atoms with Crippen molar-refractivity contribution in [1.82, 2.24) is 5.32 Å². The van der Waals surface area contributed by atoms with Crippen molar-refractivity contribution >= 4 is 11.6 Å². The first-order chi connectivity index (χ1) is 8.19. The van der Waals surface area contributed by atoms with Crippen LogP contribution < -0.4 is 15.0 Å². The van der Waals surface area contributed by atoms with E-state index in [0.29, 0.717) is 13.0 Å². The van der Waals surface area contributed by atoms with Crippen LogP contribution in [0.5, 0.6) is 5.75 Å². The summed E-state index contributed by atoms with van der Waals surface area (Å²) in [5.41, 5.74) is 3.21. The third kappa shape index (κ3) is 2.00. The molecule has 1 amide bonds. The van der Waals surface area contributed by atoms with Gasteiger partial charge in [0.05, 0.1) is 19.2 Å². The summed E-state index contributed by atoms with van der Waals surface area (Å²) < 4.78 is 5.36. The summed E-state index contributed by atoms with van der Waals surface area (Å²) in [6.07, 6.45) is 0.488. The number of ether oxygens (including phenoxy) is 1. The van der Waals surface area contributed by atoms with Gasteiger partial charge in [-0.2, -0.15) is 0 Å². The van der Waals surface area contributed by atoms with Crippen LogP contribution in [0.25, 0.3) is 0 Å². The van der Waals surface area contributed by atoms with Crippen molar-refractivity contribution in [2.24, 2.45) is 0 Å². The van der Waals surface area contributed by atoms with Gasteiger partial charge in [0.1, 0.15) is 5.75 Å². The summed E-state index contributed by atoms with van der Waals surface area (Å²) in [5.74, 6) is 0.940. The minimum atomic E-state index is 0.155. The second-order valence-electron chi connectivity index (χ2n) is 4.24. The standard InChI is InChI=1S/C13H18N2O2/c1-9-4-5-11(17-3)13-10(9)8-12(16)15(13)7-6-14-2/h4-5,14H,6-8H2,1-3H3. The molecule has 1 heterocycles. The van der Waals surface area contributed by atoms with Crippen LogP contribution >= 0.6 is 0 Å². The molecule has 0 spiro atoms. The summed E-state index contributed by atoms with van der Waals surface area (Å²) in [6.45, 7) is 3.50. The Hall–Kier alpha value is -1.55. The lowest BCUT2D eigenvalue weighted by molar-refractivity contribution is -0.117. The van der Waals surface area contributed by atoms with Gasteiger partial charge < -0.3 is 15.0 Å². The van der Waals surface area contributed by atoms with Crippen molar-refractivity contribution in [3.8, 4) is 5.75 Å². The summed E-state index contributed by atoms with van der Waals surface area (Å²) in [7, 11) is 3.53. The van der Waals surface area contributed by atoms with Crippen molar-refractivity contribution in [3.05, 3.63) is 23.3 Å². The minimum absolute atomic E-state index is 0.155. The van der Waals surface area contributed by atoms with Crippen LogP contribution in [0.15, 0.2) is 12.1 Å². The summed E-state index contributed by atoms with van der Waals surface area (Å²) in [6, 6.07) is 3.94. The van der Waals surface area contributed by atoms with Gasteiger partial charge in [0, 0.05) is 13.1 Å². The largest absolute Gasteiger partial charge is 0.495 e. The van der Waals surface area contributed by atoms with E-state index in [9.17, 15) is 4.79 Å². The molecular formula is C13H18N2O2. The van der Waals surface area contributed by atoms with Gasteiger partial charge in [-0.25, -0.2) is 0 Å². The summed E-state index contributed by atoms with van der Waals surface area (Å²) >= 11 is 0. The maximum Gasteiger partial charge on any atom is 0.231 e. The van der Waals surface area contributed by atoms with E-state index in [1.807, 2.05) is 31.0 Å². The number of hydrogen-bond donors (Lipinski definition) is 1. The van der Waals surface area contributed by atoms with Gasteiger partial charge in [-0.3, -0.25) is 4.79 Å². The second-order valence-corrected chi connectivity index (χ2v) is 4.24. The van der Waals surface area contributed by atoms with Crippen molar-refractivity contribution < 1.29 is 9.53 Å². The van der Waals surface area contributed by atoms with Crippen LogP contribution in [0.3, 0.4) is 0 Å². The quantitative estimate of drug-likeness (QED) is 0.848. The monoisotopic (exact) mass is 234 g/mol. The summed E-state index contributed by atoms with van der Waals surface area (Å²) in [5, 5.41) is 3.06. The highest BCUT2D eigenvalue weighted by Gasteiger charge is 2.31. The topological polar surface area (TPSA) is 41.6 Å². The molecule has 2 rings (SSSR count). The van der Waals surface area contributed by atoms with Gasteiger partial charge in [-0.15, -0.1) is 0 Å². The SMILES string of the molecule is CNCCN1C(=O)Cc2c(C)ccc(OC)c21. The lowest BCUT2D eigenvalue weighted by atomic mass is 10.1. The number of carbonyl (C=O) groups is 1. The number of likely N-dealkylation sites (N-methyl/N-ethyl adjacent to an activating group) is 1. The Labute approximate surface area is 102 Å². The van der Waals surface area contributed by atoms with Crippen molar-refractivity contribution in [2.75, 3.05) is 32.1 Å². The maximum absolute atomic E-state index is 12.0. The highest BCUT2D eigenvalue weighted by atomic mass is 16.5. The van der Waals surface area contributed by atoms with E-state index in [0.717, 1.165) is 29.1 Å². The number of benzene rings is 1. The van der Waals surface area contributed by atoms with Crippen molar-refractivity contribution in [1.29, 1.82) is 0 Å². The molecule has 1 N–H and O–H groups in total. The summed E-state index contributed by atoms with van der Waals surface area (Å²) in [4.78, 5) is 13.8. The van der Waals surface area contributed by atoms with E-state index in [-0.39, 0.29) is 5.91 Å². The van der Waals surface area contributed by atoms with Crippen LogP contribution in [0.1, 0.15) is 11.1 Å². The fourth-order valence-corrected chi connectivity index (χ4v) is 2.23. The van der Waals surface area contributed by atoms with Gasteiger partial charge in [0.15, 0.2) is 0 Å². The first kappa shape index (κ1) is 11.9. The highest BCUT2D eigenvalue weighted by molar-refractivity contribution is 6.03. The molecule has 0 radical (unpaired) electrons. The Balaban J connectivity index is 2.42. The van der Waals surface area contributed by atoms with Gasteiger partial charge in [-0.1, -0.05) is 6.07 Å². The number of methoxy groups -OCH3 is 1. The second kappa shape index (κ2) is 4.75. The molecule has 17 heavy (non-hydrogen) atoms. The van der Waals surface area contributed by atoms with Gasteiger partial charge in [0.2, 0.25) is 5.91 Å². The average Bonchev–Trinajstić information content (AvgIpc) is 2.65. The Kier molecular flexibility index (Phi) is 3.33. The zero-order valence-corrected chi connectivity index (χ0v) is 10.5. The number of hydrogen-bond acceptors (Lipinski definition) is 3. The smallest absolute Gasteiger partial charge is 0.231 e. The predicted octanol–water partition coefficient (Wildman–Crippen LogP) is 1.11. The van der Waals surface area contributed by atoms with Crippen LogP contribution in [0.4, 0.5) is 5.69 Å². The molecule has 1 aromatic carbocycles. The Morgan fingerprint density at radius 2 is 2.24 bits per heavy atom. The lowest BCUT2D eigenvalue weighted by Crippen LogP contribution is -2.33. The Bertz CT molecular complexity index is 443. The molecule has 1 aliphatic rings. The first-order valence-electron chi connectivity index (χ1n) is 5.80. The Morgan fingerprint density at radius 1 is 1.47 bits per heavy atom. The van der Waals surface area contributed by atoms with Crippen LogP contribution in [-0.2, 0) is 11.2 Å². The molecule has 0 atom stereocenters.